The van der Waals surface area contributed by atoms with E-state index in [1.807, 2.05) is 60.7 Å². The normalized spacial score (nSPS) is 15.5. The molecule has 1 amide bonds. The molecule has 1 fully saturated rings. The quantitative estimate of drug-likeness (QED) is 0.493. The molecule has 3 aromatic rings. The van der Waals surface area contributed by atoms with Crippen LogP contribution in [0.25, 0.3) is 10.8 Å². The zero-order chi connectivity index (χ0) is 19.3. The third-order valence-corrected chi connectivity index (χ3v) is 5.28. The number of benzene rings is 3. The van der Waals surface area contributed by atoms with E-state index in [2.05, 4.69) is 15.5 Å². The second kappa shape index (κ2) is 8.46. The summed E-state index contributed by atoms with van der Waals surface area (Å²) < 4.78 is 6.05. The minimum absolute atomic E-state index is 0.0592. The molecule has 7 heteroatoms. The number of carbonyl (C=O) groups is 1. The number of nitrogens with zero attached hydrogens (tertiary/aromatic N) is 2. The van der Waals surface area contributed by atoms with Crippen LogP contribution in [-0.4, -0.2) is 23.0 Å². The fourth-order valence-electron chi connectivity index (χ4n) is 2.79. The minimum atomic E-state index is -0.0592. The van der Waals surface area contributed by atoms with Gasteiger partial charge in [0.1, 0.15) is 12.4 Å². The van der Waals surface area contributed by atoms with E-state index < -0.39 is 0 Å². The van der Waals surface area contributed by atoms with Crippen molar-refractivity contribution in [1.82, 2.24) is 5.32 Å². The third kappa shape index (κ3) is 4.35. The van der Waals surface area contributed by atoms with E-state index >= 15 is 0 Å². The molecule has 28 heavy (non-hydrogen) atoms. The molecule has 1 heterocycles. The average molecular weight is 410 g/mol. The number of nitrogens with one attached hydrogen (secondary N) is 1. The summed E-state index contributed by atoms with van der Waals surface area (Å²) in [6, 6.07) is 19.5. The van der Waals surface area contributed by atoms with Gasteiger partial charge in [0, 0.05) is 10.6 Å². The molecule has 1 saturated heterocycles. The fraction of sp³-hybridized carbons (Fsp3) is 0.0952. The highest BCUT2D eigenvalue weighted by Gasteiger charge is 2.16. The van der Waals surface area contributed by atoms with E-state index in [-0.39, 0.29) is 5.91 Å². The number of halogens is 1. The largest absolute Gasteiger partial charge is 0.488 e. The van der Waals surface area contributed by atoms with Crippen molar-refractivity contribution < 1.29 is 9.53 Å². The monoisotopic (exact) mass is 409 g/mol. The molecule has 1 aliphatic rings. The predicted molar refractivity (Wildman–Crippen MR) is 115 cm³/mol. The van der Waals surface area contributed by atoms with E-state index in [9.17, 15) is 4.79 Å². The molecule has 1 N–H and O–H groups in total. The summed E-state index contributed by atoms with van der Waals surface area (Å²) in [7, 11) is 0. The van der Waals surface area contributed by atoms with Gasteiger partial charge < -0.3 is 10.1 Å². The number of thioether (sulfide) groups is 1. The molecule has 0 saturated carbocycles. The molecule has 0 aromatic heterocycles. The number of carbonyl (C=O) groups excluding carboxylic acids is 1. The lowest BCUT2D eigenvalue weighted by atomic mass is 10.0. The molecule has 1 aliphatic heterocycles. The van der Waals surface area contributed by atoms with Crippen LogP contribution >= 0.6 is 23.4 Å². The lowest BCUT2D eigenvalue weighted by molar-refractivity contribution is -0.116. The molecular weight excluding hydrogens is 394 g/mol. The Morgan fingerprint density at radius 2 is 1.93 bits per heavy atom. The number of fused-ring (bicyclic) bond motifs is 1. The van der Waals surface area contributed by atoms with Gasteiger partial charge in [0.15, 0.2) is 5.17 Å². The summed E-state index contributed by atoms with van der Waals surface area (Å²) in [6.45, 7) is 0.413. The number of ether oxygens (including phenoxy) is 1. The molecule has 0 unspecified atom stereocenters. The highest BCUT2D eigenvalue weighted by atomic mass is 35.5. The van der Waals surface area contributed by atoms with Crippen molar-refractivity contribution in [2.45, 2.75) is 6.61 Å². The van der Waals surface area contributed by atoms with E-state index in [0.717, 1.165) is 21.9 Å². The second-order valence-electron chi connectivity index (χ2n) is 6.10. The van der Waals surface area contributed by atoms with Gasteiger partial charge in [-0.1, -0.05) is 65.8 Å². The van der Waals surface area contributed by atoms with Crippen LogP contribution in [0.3, 0.4) is 0 Å². The highest BCUT2D eigenvalue weighted by Crippen LogP contribution is 2.27. The third-order valence-electron chi connectivity index (χ3n) is 4.16. The topological polar surface area (TPSA) is 63.0 Å². The molecule has 5 nitrogen and oxygen atoms in total. The van der Waals surface area contributed by atoms with E-state index in [1.54, 1.807) is 6.21 Å². The Morgan fingerprint density at radius 3 is 2.71 bits per heavy atom. The van der Waals surface area contributed by atoms with E-state index in [0.29, 0.717) is 28.3 Å². The molecule has 0 bridgehead atoms. The maximum atomic E-state index is 11.3. The zero-order valence-corrected chi connectivity index (χ0v) is 16.3. The van der Waals surface area contributed by atoms with Crippen molar-refractivity contribution in [2.24, 2.45) is 10.2 Å². The smallest absolute Gasteiger partial charge is 0.236 e. The Bertz CT molecular complexity index is 1080. The van der Waals surface area contributed by atoms with Crippen LogP contribution in [0.2, 0.25) is 5.02 Å². The summed E-state index contributed by atoms with van der Waals surface area (Å²) >= 11 is 7.28. The van der Waals surface area contributed by atoms with Crippen LogP contribution in [0, 0.1) is 0 Å². The minimum Gasteiger partial charge on any atom is -0.488 e. The molecule has 3 aromatic carbocycles. The van der Waals surface area contributed by atoms with Gasteiger partial charge in [-0.2, -0.15) is 5.10 Å². The van der Waals surface area contributed by atoms with Gasteiger partial charge in [0.25, 0.3) is 0 Å². The van der Waals surface area contributed by atoms with Crippen molar-refractivity contribution in [2.75, 3.05) is 5.75 Å². The lowest BCUT2D eigenvalue weighted by Gasteiger charge is -2.11. The molecular formula is C21H16ClN3O2S. The fourth-order valence-corrected chi connectivity index (χ4v) is 3.55. The van der Waals surface area contributed by atoms with Crippen LogP contribution in [0.5, 0.6) is 5.75 Å². The predicted octanol–water partition coefficient (Wildman–Crippen LogP) is 4.63. The SMILES string of the molecule is O=C1CSC(=NN=Cc2c(OCc3ccc(Cl)cc3)ccc3ccccc23)N1. The lowest BCUT2D eigenvalue weighted by Crippen LogP contribution is -2.19. The van der Waals surface area contributed by atoms with Gasteiger partial charge in [-0.3, -0.25) is 4.79 Å². The number of rotatable bonds is 5. The van der Waals surface area contributed by atoms with Crippen molar-refractivity contribution in [3.8, 4) is 5.75 Å². The Labute approximate surface area is 171 Å². The van der Waals surface area contributed by atoms with E-state index in [1.165, 1.54) is 11.8 Å². The van der Waals surface area contributed by atoms with Crippen LogP contribution in [0.4, 0.5) is 0 Å². The molecule has 0 aliphatic carbocycles. The molecule has 0 spiro atoms. The first-order valence-corrected chi connectivity index (χ1v) is 9.98. The summed E-state index contributed by atoms with van der Waals surface area (Å²) in [5.41, 5.74) is 1.86. The van der Waals surface area contributed by atoms with Crippen LogP contribution in [0.15, 0.2) is 70.9 Å². The Hall–Kier alpha value is -2.83. The Balaban J connectivity index is 1.62. The van der Waals surface area contributed by atoms with Crippen molar-refractivity contribution in [1.29, 1.82) is 0 Å². The molecule has 0 atom stereocenters. The first-order chi connectivity index (χ1) is 13.7. The van der Waals surface area contributed by atoms with Gasteiger partial charge in [-0.25, -0.2) is 0 Å². The molecule has 140 valence electrons. The average Bonchev–Trinajstić information content (AvgIpc) is 3.13. The summed E-state index contributed by atoms with van der Waals surface area (Å²) in [5.74, 6) is 1.02. The second-order valence-corrected chi connectivity index (χ2v) is 7.50. The standard InChI is InChI=1S/C21H16ClN3O2S/c22-16-8-5-14(6-9-16)12-27-19-10-7-15-3-1-2-4-17(15)18(19)11-23-25-21-24-20(26)13-28-21/h1-11H,12-13H2,(H,24,25,26). The van der Waals surface area contributed by atoms with Crippen LogP contribution < -0.4 is 10.1 Å². The van der Waals surface area contributed by atoms with Crippen molar-refractivity contribution >= 4 is 51.4 Å². The van der Waals surface area contributed by atoms with Crippen LogP contribution in [-0.2, 0) is 11.4 Å². The Morgan fingerprint density at radius 1 is 1.11 bits per heavy atom. The van der Waals surface area contributed by atoms with Crippen LogP contribution in [0.1, 0.15) is 11.1 Å². The molecule has 0 radical (unpaired) electrons. The van der Waals surface area contributed by atoms with Gasteiger partial charge in [0.2, 0.25) is 5.91 Å². The number of hydrogen-bond donors (Lipinski definition) is 1. The van der Waals surface area contributed by atoms with Crippen molar-refractivity contribution in [3.05, 3.63) is 76.8 Å². The Kier molecular flexibility index (Phi) is 5.60. The number of amides is 1. The van der Waals surface area contributed by atoms with Gasteiger partial charge in [0.05, 0.1) is 12.0 Å². The van der Waals surface area contributed by atoms with Crippen molar-refractivity contribution in [3.63, 3.8) is 0 Å². The maximum Gasteiger partial charge on any atom is 0.236 e. The van der Waals surface area contributed by atoms with Gasteiger partial charge >= 0.3 is 0 Å². The zero-order valence-electron chi connectivity index (χ0n) is 14.8. The number of hydrogen-bond acceptors (Lipinski definition) is 5. The van der Waals surface area contributed by atoms with Gasteiger partial charge in [-0.15, -0.1) is 5.10 Å². The van der Waals surface area contributed by atoms with Gasteiger partial charge in [-0.05, 0) is 34.5 Å². The van der Waals surface area contributed by atoms with E-state index in [4.69, 9.17) is 16.3 Å². The maximum absolute atomic E-state index is 11.3. The summed E-state index contributed by atoms with van der Waals surface area (Å²) in [5, 5.41) is 14.2. The number of amidine groups is 1. The highest BCUT2D eigenvalue weighted by molar-refractivity contribution is 8.15. The first kappa shape index (κ1) is 18.5. The first-order valence-electron chi connectivity index (χ1n) is 8.62. The molecule has 4 rings (SSSR count). The summed E-state index contributed by atoms with van der Waals surface area (Å²) in [6.07, 6.45) is 1.66. The summed E-state index contributed by atoms with van der Waals surface area (Å²) in [4.78, 5) is 11.3.